The number of ether oxygens (including phenoxy) is 1. The monoisotopic (exact) mass is 470 g/mol. The van der Waals surface area contributed by atoms with Crippen molar-refractivity contribution >= 4 is 23.7 Å². The van der Waals surface area contributed by atoms with E-state index in [9.17, 15) is 19.1 Å². The summed E-state index contributed by atoms with van der Waals surface area (Å²) in [5.41, 5.74) is 1.55. The standard InChI is InChI=1S/C25H31FN4O4/c1-5-6-18-11-21-23(27-12-18)34-22(16(2)13-30(24(21)32)17(3)15-31)14-29(4)25(33)28-20-9-7-19(26)8-10-20/h5-12,16-17,22,31H,13-15H2,1-4H3,(H,28,33)/b6-5+/t16-,17+,22+/m1/s1. The fourth-order valence-electron chi connectivity index (χ4n) is 3.72. The maximum absolute atomic E-state index is 13.3. The number of rotatable bonds is 6. The molecule has 3 atom stereocenters. The van der Waals surface area contributed by atoms with E-state index in [0.29, 0.717) is 17.8 Å². The molecule has 0 fully saturated rings. The average Bonchev–Trinajstić information content (AvgIpc) is 2.82. The Hall–Kier alpha value is -3.46. The van der Waals surface area contributed by atoms with Crippen LogP contribution in [0.15, 0.2) is 42.6 Å². The number of pyridine rings is 1. The number of aliphatic hydroxyl groups excluding tert-OH is 1. The van der Waals surface area contributed by atoms with Gasteiger partial charge >= 0.3 is 6.03 Å². The number of halogens is 1. The van der Waals surface area contributed by atoms with Crippen LogP contribution in [0.3, 0.4) is 0 Å². The van der Waals surface area contributed by atoms with Gasteiger partial charge in [-0.1, -0.05) is 19.1 Å². The van der Waals surface area contributed by atoms with Gasteiger partial charge in [0.25, 0.3) is 5.91 Å². The molecular weight excluding hydrogens is 439 g/mol. The van der Waals surface area contributed by atoms with Gasteiger partial charge in [-0.05, 0) is 49.7 Å². The molecule has 2 N–H and O–H groups in total. The van der Waals surface area contributed by atoms with Crippen LogP contribution < -0.4 is 10.1 Å². The number of aliphatic hydroxyl groups is 1. The number of carbonyl (C=O) groups excluding carboxylic acids is 2. The van der Waals surface area contributed by atoms with Crippen molar-refractivity contribution < 1.29 is 23.8 Å². The summed E-state index contributed by atoms with van der Waals surface area (Å²) in [4.78, 5) is 33.5. The number of likely N-dealkylation sites (N-methyl/N-ethyl adjacent to an activating group) is 1. The highest BCUT2D eigenvalue weighted by Gasteiger charge is 2.34. The Morgan fingerprint density at radius 1 is 1.41 bits per heavy atom. The minimum Gasteiger partial charge on any atom is -0.472 e. The van der Waals surface area contributed by atoms with Crippen LogP contribution in [0.25, 0.3) is 6.08 Å². The fourth-order valence-corrected chi connectivity index (χ4v) is 3.72. The lowest BCUT2D eigenvalue weighted by atomic mass is 10.00. The topological polar surface area (TPSA) is 95.0 Å². The predicted octanol–water partition coefficient (Wildman–Crippen LogP) is 3.64. The number of benzene rings is 1. The highest BCUT2D eigenvalue weighted by Crippen LogP contribution is 2.27. The zero-order valence-corrected chi connectivity index (χ0v) is 19.9. The summed E-state index contributed by atoms with van der Waals surface area (Å²) in [7, 11) is 1.64. The number of anilines is 1. The van der Waals surface area contributed by atoms with Crippen LogP contribution in [-0.4, -0.2) is 70.7 Å². The van der Waals surface area contributed by atoms with Crippen LogP contribution in [0.2, 0.25) is 0 Å². The number of nitrogens with one attached hydrogen (secondary N) is 1. The Bertz CT molecular complexity index is 1040. The third-order valence-electron chi connectivity index (χ3n) is 5.80. The highest BCUT2D eigenvalue weighted by atomic mass is 19.1. The SMILES string of the molecule is C/C=C/c1cnc2c(c1)C(=O)N([C@@H](C)CO)C[C@@H](C)[C@H](CN(C)C(=O)Nc1ccc(F)cc1)O2. The maximum Gasteiger partial charge on any atom is 0.321 e. The zero-order chi connectivity index (χ0) is 24.8. The van der Waals surface area contributed by atoms with Crippen LogP contribution >= 0.6 is 0 Å². The molecule has 0 saturated heterocycles. The van der Waals surface area contributed by atoms with Crippen LogP contribution in [-0.2, 0) is 0 Å². The summed E-state index contributed by atoms with van der Waals surface area (Å²) >= 11 is 0. The molecule has 1 aromatic carbocycles. The Kier molecular flexibility index (Phi) is 8.22. The van der Waals surface area contributed by atoms with Gasteiger partial charge in [-0.15, -0.1) is 0 Å². The number of carbonyl (C=O) groups is 2. The van der Waals surface area contributed by atoms with E-state index in [2.05, 4.69) is 10.3 Å². The first-order chi connectivity index (χ1) is 16.2. The summed E-state index contributed by atoms with van der Waals surface area (Å²) < 4.78 is 19.3. The van der Waals surface area contributed by atoms with Crippen molar-refractivity contribution in [2.24, 2.45) is 5.92 Å². The molecule has 0 unspecified atom stereocenters. The van der Waals surface area contributed by atoms with E-state index < -0.39 is 12.1 Å². The Morgan fingerprint density at radius 3 is 2.76 bits per heavy atom. The van der Waals surface area contributed by atoms with Gasteiger partial charge in [0, 0.05) is 31.4 Å². The Morgan fingerprint density at radius 2 is 2.12 bits per heavy atom. The van der Waals surface area contributed by atoms with Crippen molar-refractivity contribution in [3.63, 3.8) is 0 Å². The highest BCUT2D eigenvalue weighted by molar-refractivity contribution is 5.97. The van der Waals surface area contributed by atoms with Gasteiger partial charge in [0.1, 0.15) is 17.5 Å². The number of hydrogen-bond donors (Lipinski definition) is 2. The van der Waals surface area contributed by atoms with E-state index >= 15 is 0 Å². The Labute approximate surface area is 199 Å². The molecular formula is C25H31FN4O4. The smallest absolute Gasteiger partial charge is 0.321 e. The van der Waals surface area contributed by atoms with Crippen molar-refractivity contribution in [3.05, 3.63) is 59.5 Å². The quantitative estimate of drug-likeness (QED) is 0.672. The normalized spacial score (nSPS) is 19.1. The molecule has 0 bridgehead atoms. The number of nitrogens with zero attached hydrogens (tertiary/aromatic N) is 3. The Balaban J connectivity index is 1.85. The van der Waals surface area contributed by atoms with Gasteiger partial charge in [-0.3, -0.25) is 4.79 Å². The molecule has 1 aliphatic heterocycles. The van der Waals surface area contributed by atoms with Crippen LogP contribution in [0.1, 0.15) is 36.7 Å². The molecule has 9 heteroatoms. The number of allylic oxidation sites excluding steroid dienone is 1. The minimum atomic E-state index is -0.468. The lowest BCUT2D eigenvalue weighted by molar-refractivity contribution is 0.0356. The number of amides is 3. The first-order valence-electron chi connectivity index (χ1n) is 11.2. The van der Waals surface area contributed by atoms with Gasteiger partial charge in [-0.2, -0.15) is 0 Å². The van der Waals surface area contributed by atoms with Crippen molar-refractivity contribution in [3.8, 4) is 5.88 Å². The van der Waals surface area contributed by atoms with Crippen molar-refractivity contribution in [2.45, 2.75) is 32.9 Å². The summed E-state index contributed by atoms with van der Waals surface area (Å²) in [6, 6.07) is 6.46. The second-order valence-corrected chi connectivity index (χ2v) is 8.56. The van der Waals surface area contributed by atoms with Gasteiger partial charge in [0.2, 0.25) is 5.88 Å². The van der Waals surface area contributed by atoms with Crippen LogP contribution in [0.4, 0.5) is 14.9 Å². The first kappa shape index (κ1) is 25.2. The number of urea groups is 1. The maximum atomic E-state index is 13.3. The van der Waals surface area contributed by atoms with E-state index in [1.165, 1.54) is 29.2 Å². The number of fused-ring (bicyclic) bond motifs is 1. The second kappa shape index (κ2) is 11.1. The summed E-state index contributed by atoms with van der Waals surface area (Å²) in [5, 5.41) is 12.5. The van der Waals surface area contributed by atoms with Gasteiger partial charge < -0.3 is 25.0 Å². The molecule has 182 valence electrons. The summed E-state index contributed by atoms with van der Waals surface area (Å²) in [6.45, 7) is 5.97. The van der Waals surface area contributed by atoms with Gasteiger partial charge in [0.15, 0.2) is 0 Å². The average molecular weight is 471 g/mol. The van der Waals surface area contributed by atoms with Crippen LogP contribution in [0, 0.1) is 11.7 Å². The van der Waals surface area contributed by atoms with Gasteiger partial charge in [0.05, 0.1) is 19.2 Å². The molecule has 2 aromatic rings. The van der Waals surface area contributed by atoms with E-state index in [1.807, 2.05) is 26.0 Å². The van der Waals surface area contributed by atoms with Gasteiger partial charge in [-0.25, -0.2) is 14.2 Å². The van der Waals surface area contributed by atoms with E-state index in [0.717, 1.165) is 5.56 Å². The van der Waals surface area contributed by atoms with E-state index in [-0.39, 0.29) is 42.7 Å². The second-order valence-electron chi connectivity index (χ2n) is 8.56. The lowest BCUT2D eigenvalue weighted by Gasteiger charge is -2.37. The largest absolute Gasteiger partial charge is 0.472 e. The zero-order valence-electron chi connectivity index (χ0n) is 19.9. The van der Waals surface area contributed by atoms with Crippen molar-refractivity contribution in [1.29, 1.82) is 0 Å². The first-order valence-corrected chi connectivity index (χ1v) is 11.2. The third kappa shape index (κ3) is 5.91. The number of aromatic nitrogens is 1. The van der Waals surface area contributed by atoms with Crippen molar-refractivity contribution in [2.75, 3.05) is 32.1 Å². The molecule has 1 aliphatic rings. The summed E-state index contributed by atoms with van der Waals surface area (Å²) in [6.07, 6.45) is 4.85. The van der Waals surface area contributed by atoms with E-state index in [1.54, 1.807) is 31.1 Å². The molecule has 0 aliphatic carbocycles. The van der Waals surface area contributed by atoms with Crippen molar-refractivity contribution in [1.82, 2.24) is 14.8 Å². The molecule has 8 nitrogen and oxygen atoms in total. The molecule has 34 heavy (non-hydrogen) atoms. The molecule has 2 heterocycles. The molecule has 0 saturated carbocycles. The molecule has 3 rings (SSSR count). The molecule has 0 radical (unpaired) electrons. The minimum absolute atomic E-state index is 0.163. The fraction of sp³-hybridized carbons (Fsp3) is 0.400. The third-order valence-corrected chi connectivity index (χ3v) is 5.80. The number of hydrogen-bond acceptors (Lipinski definition) is 5. The molecule has 3 amide bonds. The molecule has 0 spiro atoms. The summed E-state index contributed by atoms with van der Waals surface area (Å²) in [5.74, 6) is -0.618. The lowest BCUT2D eigenvalue weighted by Crippen LogP contribution is -2.50. The predicted molar refractivity (Wildman–Crippen MR) is 128 cm³/mol. The van der Waals surface area contributed by atoms with E-state index in [4.69, 9.17) is 4.74 Å². The van der Waals surface area contributed by atoms with Crippen LogP contribution in [0.5, 0.6) is 5.88 Å². The molecule has 1 aromatic heterocycles.